The van der Waals surface area contributed by atoms with E-state index in [0.717, 1.165) is 0 Å². The van der Waals surface area contributed by atoms with Crippen LogP contribution in [0, 0.1) is 0 Å². The van der Waals surface area contributed by atoms with Crippen molar-refractivity contribution < 1.29 is 0 Å². The van der Waals surface area contributed by atoms with E-state index in [4.69, 9.17) is 17.3 Å². The van der Waals surface area contributed by atoms with Crippen LogP contribution in [0.15, 0.2) is 29.4 Å². The highest BCUT2D eigenvalue weighted by molar-refractivity contribution is 6.28. The van der Waals surface area contributed by atoms with Gasteiger partial charge in [-0.2, -0.15) is 0 Å². The average Bonchev–Trinajstić information content (AvgIpc) is 2.06. The number of pyridine rings is 1. The van der Waals surface area contributed by atoms with Crippen molar-refractivity contribution in [1.82, 2.24) is 4.98 Å². The van der Waals surface area contributed by atoms with Gasteiger partial charge in [0, 0.05) is 6.20 Å². The first-order chi connectivity index (χ1) is 5.33. The summed E-state index contributed by atoms with van der Waals surface area (Å²) in [6.45, 7) is 0. The second-order valence-electron chi connectivity index (χ2n) is 1.92. The minimum absolute atomic E-state index is 0.233. The van der Waals surface area contributed by atoms with Gasteiger partial charge >= 0.3 is 0 Å². The fourth-order valence-corrected chi connectivity index (χ4v) is 0.657. The van der Waals surface area contributed by atoms with Gasteiger partial charge in [0.05, 0.1) is 5.88 Å². The van der Waals surface area contributed by atoms with E-state index in [1.807, 2.05) is 12.1 Å². The summed E-state index contributed by atoms with van der Waals surface area (Å²) < 4.78 is 0. The molecule has 0 bridgehead atoms. The van der Waals surface area contributed by atoms with E-state index in [1.54, 1.807) is 12.3 Å². The molecule has 3 nitrogen and oxygen atoms in total. The van der Waals surface area contributed by atoms with Crippen LogP contribution < -0.4 is 5.73 Å². The first-order valence-corrected chi connectivity index (χ1v) is 3.66. The number of hydrogen-bond donors (Lipinski definition) is 1. The van der Waals surface area contributed by atoms with Gasteiger partial charge in [-0.25, -0.2) is 9.98 Å². The number of hydrogen-bond acceptors (Lipinski definition) is 2. The summed E-state index contributed by atoms with van der Waals surface area (Å²) in [5.74, 6) is 1.20. The number of amidine groups is 1. The highest BCUT2D eigenvalue weighted by atomic mass is 35.5. The van der Waals surface area contributed by atoms with Crippen molar-refractivity contribution >= 4 is 23.3 Å². The minimum Gasteiger partial charge on any atom is -0.386 e. The summed E-state index contributed by atoms with van der Waals surface area (Å²) in [5, 5.41) is 0. The van der Waals surface area contributed by atoms with Crippen LogP contribution in [0.25, 0.3) is 0 Å². The predicted octanol–water partition coefficient (Wildman–Crippen LogP) is 1.31. The van der Waals surface area contributed by atoms with Crippen LogP contribution in [-0.2, 0) is 0 Å². The molecule has 0 radical (unpaired) electrons. The first-order valence-electron chi connectivity index (χ1n) is 3.13. The second kappa shape index (κ2) is 3.93. The Balaban J connectivity index is 2.79. The minimum atomic E-state index is 0.233. The SMILES string of the molecule is N/C(CCl)=N\c1ccccn1. The molecular weight excluding hydrogens is 162 g/mol. The van der Waals surface area contributed by atoms with E-state index in [9.17, 15) is 0 Å². The Morgan fingerprint density at radius 3 is 3.00 bits per heavy atom. The molecule has 0 aliphatic heterocycles. The standard InChI is InChI=1S/C7H8ClN3/c8-5-6(9)11-7-3-1-2-4-10-7/h1-4H,5H2,(H2,9,10,11). The first kappa shape index (κ1) is 8.01. The normalized spacial score (nSPS) is 11.5. The third-order valence-electron chi connectivity index (χ3n) is 1.04. The van der Waals surface area contributed by atoms with Crippen LogP contribution in [0.5, 0.6) is 0 Å². The van der Waals surface area contributed by atoms with Gasteiger partial charge in [-0.15, -0.1) is 11.6 Å². The number of halogens is 1. The fourth-order valence-electron chi connectivity index (χ4n) is 0.597. The number of aliphatic imine (C=N–C) groups is 1. The molecule has 0 aromatic carbocycles. The van der Waals surface area contributed by atoms with Gasteiger partial charge in [0.15, 0.2) is 5.82 Å². The number of nitrogens with zero attached hydrogens (tertiary/aromatic N) is 2. The number of alkyl halides is 1. The van der Waals surface area contributed by atoms with Gasteiger partial charge in [-0.3, -0.25) is 0 Å². The van der Waals surface area contributed by atoms with Gasteiger partial charge in [-0.1, -0.05) is 6.07 Å². The molecule has 0 amide bonds. The summed E-state index contributed by atoms with van der Waals surface area (Å²) >= 11 is 5.42. The van der Waals surface area contributed by atoms with Crippen molar-refractivity contribution in [2.45, 2.75) is 0 Å². The third-order valence-corrected chi connectivity index (χ3v) is 1.32. The highest BCUT2D eigenvalue weighted by Gasteiger charge is 1.89. The van der Waals surface area contributed by atoms with Crippen molar-refractivity contribution in [3.8, 4) is 0 Å². The predicted molar refractivity (Wildman–Crippen MR) is 46.2 cm³/mol. The molecule has 1 aromatic rings. The van der Waals surface area contributed by atoms with Crippen molar-refractivity contribution in [3.05, 3.63) is 24.4 Å². The molecule has 1 rings (SSSR count). The Labute approximate surface area is 69.9 Å². The third kappa shape index (κ3) is 2.55. The Kier molecular flexibility index (Phi) is 2.86. The van der Waals surface area contributed by atoms with E-state index in [2.05, 4.69) is 9.98 Å². The molecule has 0 saturated heterocycles. The monoisotopic (exact) mass is 169 g/mol. The molecule has 0 aliphatic carbocycles. The van der Waals surface area contributed by atoms with Crippen LogP contribution in [0.2, 0.25) is 0 Å². The maximum atomic E-state index is 5.42. The van der Waals surface area contributed by atoms with Gasteiger partial charge in [0.25, 0.3) is 0 Å². The molecule has 0 unspecified atom stereocenters. The van der Waals surface area contributed by atoms with E-state index in [-0.39, 0.29) is 5.88 Å². The van der Waals surface area contributed by atoms with Crippen molar-refractivity contribution in [1.29, 1.82) is 0 Å². The van der Waals surface area contributed by atoms with E-state index < -0.39 is 0 Å². The van der Waals surface area contributed by atoms with E-state index in [0.29, 0.717) is 11.7 Å². The van der Waals surface area contributed by atoms with Crippen molar-refractivity contribution in [2.24, 2.45) is 10.7 Å². The Morgan fingerprint density at radius 1 is 1.64 bits per heavy atom. The molecule has 0 atom stereocenters. The lowest BCUT2D eigenvalue weighted by atomic mass is 10.5. The lowest BCUT2D eigenvalue weighted by molar-refractivity contribution is 1.26. The maximum absolute atomic E-state index is 5.42. The summed E-state index contributed by atoms with van der Waals surface area (Å²) in [4.78, 5) is 7.87. The lowest BCUT2D eigenvalue weighted by Gasteiger charge is -1.92. The number of nitrogens with two attached hydrogens (primary N) is 1. The Hall–Kier alpha value is -1.09. The van der Waals surface area contributed by atoms with Crippen LogP contribution >= 0.6 is 11.6 Å². The molecule has 4 heteroatoms. The largest absolute Gasteiger partial charge is 0.386 e. The molecule has 0 aliphatic rings. The maximum Gasteiger partial charge on any atom is 0.153 e. The summed E-state index contributed by atoms with van der Waals surface area (Å²) in [7, 11) is 0. The second-order valence-corrected chi connectivity index (χ2v) is 2.19. The van der Waals surface area contributed by atoms with Crippen LogP contribution in [0.3, 0.4) is 0 Å². The van der Waals surface area contributed by atoms with Crippen molar-refractivity contribution in [3.63, 3.8) is 0 Å². The number of aromatic nitrogens is 1. The van der Waals surface area contributed by atoms with Crippen LogP contribution in [0.1, 0.15) is 0 Å². The highest BCUT2D eigenvalue weighted by Crippen LogP contribution is 2.04. The summed E-state index contributed by atoms with van der Waals surface area (Å²) in [6, 6.07) is 5.42. The zero-order valence-electron chi connectivity index (χ0n) is 5.87. The van der Waals surface area contributed by atoms with Gasteiger partial charge in [0.2, 0.25) is 0 Å². The van der Waals surface area contributed by atoms with Gasteiger partial charge in [0.1, 0.15) is 5.84 Å². The van der Waals surface area contributed by atoms with Gasteiger partial charge < -0.3 is 5.73 Å². The zero-order chi connectivity index (χ0) is 8.10. The van der Waals surface area contributed by atoms with Gasteiger partial charge in [-0.05, 0) is 12.1 Å². The van der Waals surface area contributed by atoms with Crippen molar-refractivity contribution in [2.75, 3.05) is 5.88 Å². The quantitative estimate of drug-likeness (QED) is 0.412. The number of rotatable bonds is 2. The molecule has 11 heavy (non-hydrogen) atoms. The Morgan fingerprint density at radius 2 is 2.45 bits per heavy atom. The fraction of sp³-hybridized carbons (Fsp3) is 0.143. The summed E-state index contributed by atoms with van der Waals surface area (Å²) in [5.41, 5.74) is 5.38. The molecule has 1 aromatic heterocycles. The van der Waals surface area contributed by atoms with E-state index in [1.165, 1.54) is 0 Å². The molecule has 0 spiro atoms. The molecular formula is C7H8ClN3. The lowest BCUT2D eigenvalue weighted by Crippen LogP contribution is -2.12. The average molecular weight is 170 g/mol. The summed E-state index contributed by atoms with van der Waals surface area (Å²) in [6.07, 6.45) is 1.65. The molecule has 0 fully saturated rings. The van der Waals surface area contributed by atoms with E-state index >= 15 is 0 Å². The van der Waals surface area contributed by atoms with Crippen LogP contribution in [0.4, 0.5) is 5.82 Å². The molecule has 58 valence electrons. The molecule has 1 heterocycles. The topological polar surface area (TPSA) is 51.3 Å². The zero-order valence-corrected chi connectivity index (χ0v) is 6.62. The molecule has 0 saturated carbocycles. The molecule has 2 N–H and O–H groups in total. The Bertz CT molecular complexity index is 245. The smallest absolute Gasteiger partial charge is 0.153 e. The van der Waals surface area contributed by atoms with Crippen LogP contribution in [-0.4, -0.2) is 16.7 Å².